The molecule has 0 aromatic heterocycles. The molecule has 2 aromatic carbocycles. The van der Waals surface area contributed by atoms with E-state index in [0.717, 1.165) is 18.9 Å². The SMILES string of the molecule is c1ccc(-c2ccc(OCCNC3CCCC3)cc2)cc1. The molecule has 1 N–H and O–H groups in total. The average molecular weight is 281 g/mol. The first-order valence-corrected chi connectivity index (χ1v) is 7.93. The Bertz CT molecular complexity index is 529. The second-order valence-electron chi connectivity index (χ2n) is 5.67. The Morgan fingerprint density at radius 1 is 0.857 bits per heavy atom. The maximum Gasteiger partial charge on any atom is 0.119 e. The summed E-state index contributed by atoms with van der Waals surface area (Å²) < 4.78 is 5.79. The quantitative estimate of drug-likeness (QED) is 0.799. The molecular weight excluding hydrogens is 258 g/mol. The third-order valence-electron chi connectivity index (χ3n) is 4.12. The first-order valence-electron chi connectivity index (χ1n) is 7.93. The predicted octanol–water partition coefficient (Wildman–Crippen LogP) is 4.26. The molecule has 2 nitrogen and oxygen atoms in total. The molecule has 0 amide bonds. The van der Waals surface area contributed by atoms with Crippen molar-refractivity contribution in [2.75, 3.05) is 13.2 Å². The summed E-state index contributed by atoms with van der Waals surface area (Å²) in [6.45, 7) is 1.67. The molecule has 1 saturated carbocycles. The maximum absolute atomic E-state index is 5.79. The minimum atomic E-state index is 0.717. The molecule has 0 saturated heterocycles. The van der Waals surface area contributed by atoms with E-state index in [-0.39, 0.29) is 0 Å². The lowest BCUT2D eigenvalue weighted by Crippen LogP contribution is -2.30. The van der Waals surface area contributed by atoms with Crippen molar-refractivity contribution in [3.05, 3.63) is 54.6 Å². The molecule has 21 heavy (non-hydrogen) atoms. The molecule has 0 bridgehead atoms. The van der Waals surface area contributed by atoms with Crippen molar-refractivity contribution in [2.24, 2.45) is 0 Å². The lowest BCUT2D eigenvalue weighted by molar-refractivity contribution is 0.305. The van der Waals surface area contributed by atoms with Gasteiger partial charge in [0.2, 0.25) is 0 Å². The van der Waals surface area contributed by atoms with E-state index < -0.39 is 0 Å². The Morgan fingerprint density at radius 2 is 1.52 bits per heavy atom. The smallest absolute Gasteiger partial charge is 0.119 e. The van der Waals surface area contributed by atoms with Crippen LogP contribution in [0.15, 0.2) is 54.6 Å². The highest BCUT2D eigenvalue weighted by atomic mass is 16.5. The van der Waals surface area contributed by atoms with E-state index in [1.165, 1.54) is 36.8 Å². The summed E-state index contributed by atoms with van der Waals surface area (Å²) in [5.41, 5.74) is 2.47. The fourth-order valence-electron chi connectivity index (χ4n) is 2.94. The zero-order chi connectivity index (χ0) is 14.3. The van der Waals surface area contributed by atoms with Crippen LogP contribution in [0.5, 0.6) is 5.75 Å². The molecule has 1 fully saturated rings. The number of hydrogen-bond acceptors (Lipinski definition) is 2. The highest BCUT2D eigenvalue weighted by Gasteiger charge is 2.13. The van der Waals surface area contributed by atoms with Crippen molar-refractivity contribution in [3.8, 4) is 16.9 Å². The second kappa shape index (κ2) is 7.28. The van der Waals surface area contributed by atoms with Gasteiger partial charge in [-0.15, -0.1) is 0 Å². The van der Waals surface area contributed by atoms with E-state index in [1.54, 1.807) is 0 Å². The van der Waals surface area contributed by atoms with Gasteiger partial charge in [-0.2, -0.15) is 0 Å². The molecule has 1 aliphatic carbocycles. The molecule has 2 aromatic rings. The van der Waals surface area contributed by atoms with Crippen LogP contribution in [0.2, 0.25) is 0 Å². The Labute approximate surface area is 127 Å². The minimum Gasteiger partial charge on any atom is -0.492 e. The molecule has 0 heterocycles. The first-order chi connectivity index (χ1) is 10.4. The zero-order valence-corrected chi connectivity index (χ0v) is 12.4. The maximum atomic E-state index is 5.79. The van der Waals surface area contributed by atoms with Gasteiger partial charge in [0, 0.05) is 12.6 Å². The van der Waals surface area contributed by atoms with Crippen LogP contribution in [0.4, 0.5) is 0 Å². The summed E-state index contributed by atoms with van der Waals surface area (Å²) in [7, 11) is 0. The van der Waals surface area contributed by atoms with Gasteiger partial charge in [-0.05, 0) is 36.1 Å². The van der Waals surface area contributed by atoms with E-state index in [0.29, 0.717) is 6.04 Å². The Hall–Kier alpha value is -1.80. The molecule has 0 spiro atoms. The summed E-state index contributed by atoms with van der Waals surface area (Å²) in [5, 5.41) is 3.56. The van der Waals surface area contributed by atoms with Crippen molar-refractivity contribution in [3.63, 3.8) is 0 Å². The lowest BCUT2D eigenvalue weighted by atomic mass is 10.1. The van der Waals surface area contributed by atoms with Gasteiger partial charge >= 0.3 is 0 Å². The van der Waals surface area contributed by atoms with Gasteiger partial charge in [-0.25, -0.2) is 0 Å². The molecule has 0 radical (unpaired) electrons. The van der Waals surface area contributed by atoms with Crippen molar-refractivity contribution >= 4 is 0 Å². The van der Waals surface area contributed by atoms with Crippen molar-refractivity contribution in [2.45, 2.75) is 31.7 Å². The topological polar surface area (TPSA) is 21.3 Å². The summed E-state index contributed by atoms with van der Waals surface area (Å²) in [6, 6.07) is 19.5. The largest absolute Gasteiger partial charge is 0.492 e. The Morgan fingerprint density at radius 3 is 2.24 bits per heavy atom. The van der Waals surface area contributed by atoms with Crippen molar-refractivity contribution in [1.82, 2.24) is 5.32 Å². The van der Waals surface area contributed by atoms with Crippen LogP contribution in [-0.2, 0) is 0 Å². The van der Waals surface area contributed by atoms with Gasteiger partial charge in [-0.3, -0.25) is 0 Å². The molecule has 110 valence electrons. The first kappa shape index (κ1) is 14.2. The summed E-state index contributed by atoms with van der Waals surface area (Å²) in [4.78, 5) is 0. The van der Waals surface area contributed by atoms with Gasteiger partial charge in [0.25, 0.3) is 0 Å². The van der Waals surface area contributed by atoms with E-state index in [4.69, 9.17) is 4.74 Å². The third kappa shape index (κ3) is 4.08. The number of hydrogen-bond donors (Lipinski definition) is 1. The zero-order valence-electron chi connectivity index (χ0n) is 12.4. The van der Waals surface area contributed by atoms with Crippen molar-refractivity contribution < 1.29 is 4.74 Å². The Balaban J connectivity index is 1.46. The van der Waals surface area contributed by atoms with Crippen LogP contribution in [0.1, 0.15) is 25.7 Å². The van der Waals surface area contributed by atoms with Crippen LogP contribution < -0.4 is 10.1 Å². The van der Waals surface area contributed by atoms with Crippen molar-refractivity contribution in [1.29, 1.82) is 0 Å². The summed E-state index contributed by atoms with van der Waals surface area (Å²) in [5.74, 6) is 0.947. The van der Waals surface area contributed by atoms with Gasteiger partial charge in [0.15, 0.2) is 0 Å². The van der Waals surface area contributed by atoms with Crippen LogP contribution in [0, 0.1) is 0 Å². The van der Waals surface area contributed by atoms with E-state index in [2.05, 4.69) is 53.8 Å². The number of rotatable bonds is 6. The van der Waals surface area contributed by atoms with Crippen LogP contribution in [0.3, 0.4) is 0 Å². The molecular formula is C19H23NO. The highest BCUT2D eigenvalue weighted by molar-refractivity contribution is 5.63. The van der Waals surface area contributed by atoms with E-state index in [1.807, 2.05) is 6.07 Å². The molecule has 0 aliphatic heterocycles. The molecule has 0 atom stereocenters. The van der Waals surface area contributed by atoms with Gasteiger partial charge in [0.1, 0.15) is 12.4 Å². The molecule has 3 rings (SSSR count). The Kier molecular flexibility index (Phi) is 4.90. The number of nitrogens with one attached hydrogen (secondary N) is 1. The van der Waals surface area contributed by atoms with E-state index in [9.17, 15) is 0 Å². The molecule has 2 heteroatoms. The van der Waals surface area contributed by atoms with Crippen LogP contribution in [0.25, 0.3) is 11.1 Å². The normalized spacial score (nSPS) is 15.2. The van der Waals surface area contributed by atoms with Gasteiger partial charge in [0.05, 0.1) is 0 Å². The summed E-state index contributed by atoms with van der Waals surface area (Å²) >= 11 is 0. The highest BCUT2D eigenvalue weighted by Crippen LogP contribution is 2.22. The predicted molar refractivity (Wildman–Crippen MR) is 87.6 cm³/mol. The van der Waals surface area contributed by atoms with Crippen LogP contribution in [-0.4, -0.2) is 19.2 Å². The standard InChI is InChI=1S/C19H23NO/c1-2-6-16(7-3-1)17-10-12-19(13-11-17)21-15-14-20-18-8-4-5-9-18/h1-3,6-7,10-13,18,20H,4-5,8-9,14-15H2. The third-order valence-corrected chi connectivity index (χ3v) is 4.12. The minimum absolute atomic E-state index is 0.717. The van der Waals surface area contributed by atoms with Gasteiger partial charge < -0.3 is 10.1 Å². The van der Waals surface area contributed by atoms with E-state index >= 15 is 0 Å². The van der Waals surface area contributed by atoms with Gasteiger partial charge in [-0.1, -0.05) is 55.3 Å². The fraction of sp³-hybridized carbons (Fsp3) is 0.368. The van der Waals surface area contributed by atoms with Crippen LogP contribution >= 0.6 is 0 Å². The summed E-state index contributed by atoms with van der Waals surface area (Å²) in [6.07, 6.45) is 5.40. The fourth-order valence-corrected chi connectivity index (χ4v) is 2.94. The number of ether oxygens (including phenoxy) is 1. The molecule has 1 aliphatic rings. The second-order valence-corrected chi connectivity index (χ2v) is 5.67. The monoisotopic (exact) mass is 281 g/mol. The lowest BCUT2D eigenvalue weighted by Gasteiger charge is -2.12. The number of benzene rings is 2. The molecule has 0 unspecified atom stereocenters. The average Bonchev–Trinajstić information content (AvgIpc) is 3.06.